The van der Waals surface area contributed by atoms with E-state index in [0.29, 0.717) is 12.3 Å². The van der Waals surface area contributed by atoms with E-state index in [2.05, 4.69) is 26.3 Å². The molecule has 1 N–H and O–H groups in total. The number of piperidine rings is 1. The molecule has 0 aliphatic carbocycles. The quantitative estimate of drug-likeness (QED) is 0.856. The van der Waals surface area contributed by atoms with Crippen LogP contribution in [-0.4, -0.2) is 30.1 Å². The Morgan fingerprint density at radius 2 is 2.47 bits per heavy atom. The first-order valence-electron chi connectivity index (χ1n) is 5.95. The van der Waals surface area contributed by atoms with Gasteiger partial charge in [-0.3, -0.25) is 0 Å². The normalized spacial score (nSPS) is 19.8. The molecule has 1 aliphatic rings. The van der Waals surface area contributed by atoms with Gasteiger partial charge in [0.1, 0.15) is 18.0 Å². The van der Waals surface area contributed by atoms with Crippen molar-refractivity contribution >= 4 is 11.6 Å². The lowest BCUT2D eigenvalue weighted by Crippen LogP contribution is -2.35. The second-order valence-electron chi connectivity index (χ2n) is 4.33. The lowest BCUT2D eigenvalue weighted by Gasteiger charge is -2.32. The number of nitrogens with zero attached hydrogens (tertiary/aromatic N) is 4. The van der Waals surface area contributed by atoms with E-state index >= 15 is 0 Å². The van der Waals surface area contributed by atoms with E-state index in [4.69, 9.17) is 5.26 Å². The molecule has 1 aliphatic heterocycles. The van der Waals surface area contributed by atoms with Gasteiger partial charge in [0.2, 0.25) is 0 Å². The molecule has 2 rings (SSSR count). The van der Waals surface area contributed by atoms with Crippen molar-refractivity contribution in [3.8, 4) is 6.07 Å². The van der Waals surface area contributed by atoms with Gasteiger partial charge in [-0.2, -0.15) is 5.26 Å². The van der Waals surface area contributed by atoms with Gasteiger partial charge in [0.05, 0.1) is 6.07 Å². The van der Waals surface area contributed by atoms with Crippen molar-refractivity contribution in [1.29, 1.82) is 5.26 Å². The molecule has 2 heterocycles. The average molecular weight is 231 g/mol. The van der Waals surface area contributed by atoms with Gasteiger partial charge in [0.15, 0.2) is 0 Å². The van der Waals surface area contributed by atoms with Crippen LogP contribution < -0.4 is 10.2 Å². The lowest BCUT2D eigenvalue weighted by molar-refractivity contribution is 0.420. The van der Waals surface area contributed by atoms with Gasteiger partial charge in [-0.15, -0.1) is 0 Å². The van der Waals surface area contributed by atoms with E-state index in [9.17, 15) is 0 Å². The Hall–Kier alpha value is -1.83. The molecular formula is C12H17N5. The minimum Gasteiger partial charge on any atom is -0.373 e. The van der Waals surface area contributed by atoms with Crippen LogP contribution >= 0.6 is 0 Å². The van der Waals surface area contributed by atoms with Gasteiger partial charge in [-0.05, 0) is 18.8 Å². The Kier molecular flexibility index (Phi) is 3.76. The molecular weight excluding hydrogens is 214 g/mol. The van der Waals surface area contributed by atoms with Crippen LogP contribution in [0.15, 0.2) is 12.4 Å². The first kappa shape index (κ1) is 11.6. The number of rotatable bonds is 3. The zero-order valence-corrected chi connectivity index (χ0v) is 10.1. The summed E-state index contributed by atoms with van der Waals surface area (Å²) in [5.74, 6) is 2.26. The Bertz CT molecular complexity index is 412. The molecule has 1 fully saturated rings. The van der Waals surface area contributed by atoms with Crippen molar-refractivity contribution in [2.24, 2.45) is 5.92 Å². The Morgan fingerprint density at radius 1 is 1.59 bits per heavy atom. The maximum absolute atomic E-state index is 8.75. The maximum Gasteiger partial charge on any atom is 0.134 e. The fraction of sp³-hybridized carbons (Fsp3) is 0.583. The second-order valence-corrected chi connectivity index (χ2v) is 4.33. The summed E-state index contributed by atoms with van der Waals surface area (Å²) in [6, 6.07) is 4.21. The fourth-order valence-electron chi connectivity index (χ4n) is 2.23. The highest BCUT2D eigenvalue weighted by molar-refractivity contribution is 5.48. The predicted octanol–water partition coefficient (Wildman–Crippen LogP) is 1.65. The van der Waals surface area contributed by atoms with E-state index in [1.54, 1.807) is 6.33 Å². The Labute approximate surface area is 101 Å². The summed E-state index contributed by atoms with van der Waals surface area (Å²) < 4.78 is 0. The Morgan fingerprint density at radius 3 is 3.24 bits per heavy atom. The van der Waals surface area contributed by atoms with Gasteiger partial charge >= 0.3 is 0 Å². The largest absolute Gasteiger partial charge is 0.373 e. The van der Waals surface area contributed by atoms with Crippen LogP contribution in [0.5, 0.6) is 0 Å². The molecule has 0 spiro atoms. The van der Waals surface area contributed by atoms with Crippen molar-refractivity contribution in [2.45, 2.75) is 19.3 Å². The van der Waals surface area contributed by atoms with Crippen LogP contribution in [0.3, 0.4) is 0 Å². The zero-order chi connectivity index (χ0) is 12.1. The third-order valence-electron chi connectivity index (χ3n) is 3.13. The number of nitrogens with one attached hydrogen (secondary N) is 1. The molecule has 17 heavy (non-hydrogen) atoms. The molecule has 90 valence electrons. The summed E-state index contributed by atoms with van der Waals surface area (Å²) in [6.07, 6.45) is 4.49. The standard InChI is InChI=1S/C12H17N5/c1-14-11-7-12(16-9-15-11)17-6-2-3-10(8-17)4-5-13/h7,9-10H,2-4,6,8H2,1H3,(H,14,15,16). The van der Waals surface area contributed by atoms with Crippen molar-refractivity contribution in [1.82, 2.24) is 9.97 Å². The van der Waals surface area contributed by atoms with Crippen LogP contribution in [-0.2, 0) is 0 Å². The molecule has 0 bridgehead atoms. The smallest absolute Gasteiger partial charge is 0.134 e. The summed E-state index contributed by atoms with van der Waals surface area (Å²) in [6.45, 7) is 1.94. The summed E-state index contributed by atoms with van der Waals surface area (Å²) in [5.41, 5.74) is 0. The number of nitriles is 1. The summed E-state index contributed by atoms with van der Waals surface area (Å²) in [7, 11) is 1.85. The fourth-order valence-corrected chi connectivity index (χ4v) is 2.23. The van der Waals surface area contributed by atoms with E-state index in [-0.39, 0.29) is 0 Å². The predicted molar refractivity (Wildman–Crippen MR) is 66.7 cm³/mol. The molecule has 5 heteroatoms. The highest BCUT2D eigenvalue weighted by atomic mass is 15.2. The minimum atomic E-state index is 0.474. The van der Waals surface area contributed by atoms with E-state index < -0.39 is 0 Å². The maximum atomic E-state index is 8.75. The summed E-state index contributed by atoms with van der Waals surface area (Å²) >= 11 is 0. The minimum absolute atomic E-state index is 0.474. The van der Waals surface area contributed by atoms with Crippen LogP contribution in [0.4, 0.5) is 11.6 Å². The molecule has 5 nitrogen and oxygen atoms in total. The number of hydrogen-bond donors (Lipinski definition) is 1. The first-order valence-corrected chi connectivity index (χ1v) is 5.95. The molecule has 0 aromatic carbocycles. The van der Waals surface area contributed by atoms with Gasteiger partial charge in [0, 0.05) is 32.6 Å². The third kappa shape index (κ3) is 2.84. The van der Waals surface area contributed by atoms with Crippen molar-refractivity contribution in [3.05, 3.63) is 12.4 Å². The van der Waals surface area contributed by atoms with Gasteiger partial charge < -0.3 is 10.2 Å². The van der Waals surface area contributed by atoms with Crippen molar-refractivity contribution in [2.75, 3.05) is 30.4 Å². The SMILES string of the molecule is CNc1cc(N2CCCC(CC#N)C2)ncn1. The molecule has 1 aromatic heterocycles. The van der Waals surface area contributed by atoms with Crippen LogP contribution in [0.25, 0.3) is 0 Å². The van der Waals surface area contributed by atoms with Crippen LogP contribution in [0, 0.1) is 17.2 Å². The van der Waals surface area contributed by atoms with E-state index in [0.717, 1.165) is 37.6 Å². The lowest BCUT2D eigenvalue weighted by atomic mass is 9.95. The molecule has 0 saturated carbocycles. The average Bonchev–Trinajstić information content (AvgIpc) is 2.40. The molecule has 0 amide bonds. The van der Waals surface area contributed by atoms with E-state index in [1.165, 1.54) is 0 Å². The van der Waals surface area contributed by atoms with Crippen LogP contribution in [0.1, 0.15) is 19.3 Å². The molecule has 0 radical (unpaired) electrons. The van der Waals surface area contributed by atoms with Crippen molar-refractivity contribution in [3.63, 3.8) is 0 Å². The second kappa shape index (κ2) is 5.48. The number of aromatic nitrogens is 2. The zero-order valence-electron chi connectivity index (χ0n) is 10.1. The van der Waals surface area contributed by atoms with Gasteiger partial charge in [-0.1, -0.05) is 0 Å². The van der Waals surface area contributed by atoms with Crippen LogP contribution in [0.2, 0.25) is 0 Å². The highest BCUT2D eigenvalue weighted by Crippen LogP contribution is 2.24. The third-order valence-corrected chi connectivity index (χ3v) is 3.13. The number of anilines is 2. The summed E-state index contributed by atoms with van der Waals surface area (Å²) in [4.78, 5) is 10.6. The topological polar surface area (TPSA) is 64.8 Å². The Balaban J connectivity index is 2.08. The molecule has 1 atom stereocenters. The monoisotopic (exact) mass is 231 g/mol. The first-order chi connectivity index (χ1) is 8.33. The van der Waals surface area contributed by atoms with Gasteiger partial charge in [-0.25, -0.2) is 9.97 Å². The number of hydrogen-bond acceptors (Lipinski definition) is 5. The summed E-state index contributed by atoms with van der Waals surface area (Å²) in [5, 5.41) is 11.8. The molecule has 1 unspecified atom stereocenters. The molecule has 1 aromatic rings. The van der Waals surface area contributed by atoms with Gasteiger partial charge in [0.25, 0.3) is 0 Å². The molecule has 1 saturated heterocycles. The highest BCUT2D eigenvalue weighted by Gasteiger charge is 2.20. The van der Waals surface area contributed by atoms with E-state index in [1.807, 2.05) is 13.1 Å². The van der Waals surface area contributed by atoms with Crippen molar-refractivity contribution < 1.29 is 0 Å².